The van der Waals surface area contributed by atoms with Gasteiger partial charge in [-0.25, -0.2) is 8.78 Å². The Hall–Kier alpha value is -1.04. The maximum atomic E-state index is 11.8. The maximum absolute atomic E-state index is 11.8. The van der Waals surface area contributed by atoms with E-state index in [0.717, 1.165) is 16.7 Å². The molecule has 1 aliphatic rings. The predicted octanol–water partition coefficient (Wildman–Crippen LogP) is 2.42. The summed E-state index contributed by atoms with van der Waals surface area (Å²) in [6.07, 6.45) is -2.83. The minimum absolute atomic E-state index is 0.124. The van der Waals surface area contributed by atoms with E-state index in [1.165, 1.54) is 0 Å². The third-order valence-electron chi connectivity index (χ3n) is 2.91. The van der Waals surface area contributed by atoms with E-state index in [2.05, 4.69) is 0 Å². The Bertz CT molecular complexity index is 396. The highest BCUT2D eigenvalue weighted by Gasteiger charge is 2.15. The molecule has 5 heteroatoms. The molecule has 0 aromatic heterocycles. The Balaban J connectivity index is 1.83. The molecule has 2 rings (SSSR count). The molecule has 0 amide bonds. The zero-order valence-corrected chi connectivity index (χ0v) is 9.94. The summed E-state index contributed by atoms with van der Waals surface area (Å²) in [5.74, 6) is 0. The van der Waals surface area contributed by atoms with Crippen LogP contribution < -0.4 is 0 Å². The van der Waals surface area contributed by atoms with Crippen LogP contribution in [0.5, 0.6) is 0 Å². The zero-order valence-electron chi connectivity index (χ0n) is 9.94. The molecule has 1 heterocycles. The van der Waals surface area contributed by atoms with E-state index >= 15 is 0 Å². The highest BCUT2D eigenvalue weighted by molar-refractivity contribution is 5.34. The van der Waals surface area contributed by atoms with Gasteiger partial charge in [-0.05, 0) is 16.7 Å². The van der Waals surface area contributed by atoms with Gasteiger partial charge in [0, 0.05) is 13.0 Å². The summed E-state index contributed by atoms with van der Waals surface area (Å²) >= 11 is 0. The fourth-order valence-corrected chi connectivity index (χ4v) is 1.93. The summed E-state index contributed by atoms with van der Waals surface area (Å²) < 4.78 is 33.7. The van der Waals surface area contributed by atoms with Gasteiger partial charge in [-0.3, -0.25) is 0 Å². The van der Waals surface area contributed by atoms with E-state index in [1.54, 1.807) is 0 Å². The van der Waals surface area contributed by atoms with Crippen molar-refractivity contribution in [3.63, 3.8) is 0 Å². The Kier molecular flexibility index (Phi) is 4.63. The number of fused-ring (bicyclic) bond motifs is 1. The largest absolute Gasteiger partial charge is 0.388 e. The average Bonchev–Trinajstić information content (AvgIpc) is 2.81. The monoisotopic (exact) mass is 258 g/mol. The van der Waals surface area contributed by atoms with Gasteiger partial charge >= 0.3 is 0 Å². The first kappa shape index (κ1) is 13.4. The third-order valence-corrected chi connectivity index (χ3v) is 2.91. The van der Waals surface area contributed by atoms with Crippen LogP contribution >= 0.6 is 0 Å². The van der Waals surface area contributed by atoms with Crippen molar-refractivity contribution in [2.75, 3.05) is 13.2 Å². The third kappa shape index (κ3) is 3.48. The lowest BCUT2D eigenvalue weighted by Crippen LogP contribution is -2.08. The number of aliphatic hydroxyl groups is 1. The van der Waals surface area contributed by atoms with Crippen LogP contribution in [0.25, 0.3) is 0 Å². The molecular weight excluding hydrogens is 242 g/mol. The van der Waals surface area contributed by atoms with Crippen LogP contribution in [0, 0.1) is 0 Å². The van der Waals surface area contributed by atoms with Gasteiger partial charge in [-0.15, -0.1) is 0 Å². The van der Waals surface area contributed by atoms with Gasteiger partial charge < -0.3 is 14.6 Å². The Morgan fingerprint density at radius 1 is 1.28 bits per heavy atom. The summed E-state index contributed by atoms with van der Waals surface area (Å²) in [6, 6.07) is 5.67. The molecule has 1 aromatic carbocycles. The van der Waals surface area contributed by atoms with Crippen molar-refractivity contribution in [1.82, 2.24) is 0 Å². The molecular formula is C13H16F2O3. The first-order valence-corrected chi connectivity index (χ1v) is 5.90. The van der Waals surface area contributed by atoms with Crippen molar-refractivity contribution in [1.29, 1.82) is 0 Å². The topological polar surface area (TPSA) is 38.7 Å². The zero-order chi connectivity index (χ0) is 13.0. The number of aliphatic hydroxyl groups excluding tert-OH is 1. The fraction of sp³-hybridized carbons (Fsp3) is 0.538. The molecule has 0 fully saturated rings. The summed E-state index contributed by atoms with van der Waals surface area (Å²) in [6.45, 7) is 0.727. The number of ether oxygens (including phenoxy) is 2. The van der Waals surface area contributed by atoms with Gasteiger partial charge in [0.25, 0.3) is 6.43 Å². The molecule has 0 saturated carbocycles. The molecule has 1 N–H and O–H groups in total. The maximum Gasteiger partial charge on any atom is 0.261 e. The Labute approximate surface area is 104 Å². The molecule has 1 aliphatic heterocycles. The lowest BCUT2D eigenvalue weighted by molar-refractivity contribution is 0.00480. The first-order valence-electron chi connectivity index (χ1n) is 5.90. The minimum Gasteiger partial charge on any atom is -0.388 e. The normalized spacial score (nSPS) is 16.0. The smallest absolute Gasteiger partial charge is 0.261 e. The quantitative estimate of drug-likeness (QED) is 0.796. The van der Waals surface area contributed by atoms with E-state index in [4.69, 9.17) is 9.47 Å². The van der Waals surface area contributed by atoms with E-state index in [1.807, 2.05) is 18.2 Å². The number of rotatable bonds is 6. The molecule has 100 valence electrons. The molecule has 18 heavy (non-hydrogen) atoms. The lowest BCUT2D eigenvalue weighted by atomic mass is 10.0. The number of benzene rings is 1. The molecule has 1 atom stereocenters. The second-order valence-corrected chi connectivity index (χ2v) is 4.29. The molecule has 0 bridgehead atoms. The van der Waals surface area contributed by atoms with Crippen molar-refractivity contribution in [2.45, 2.75) is 32.2 Å². The van der Waals surface area contributed by atoms with Gasteiger partial charge in [-0.1, -0.05) is 18.2 Å². The van der Waals surface area contributed by atoms with E-state index in [-0.39, 0.29) is 6.61 Å². The molecule has 3 nitrogen and oxygen atoms in total. The van der Waals surface area contributed by atoms with Crippen molar-refractivity contribution in [3.05, 3.63) is 34.9 Å². The second-order valence-electron chi connectivity index (χ2n) is 4.29. The Morgan fingerprint density at radius 2 is 2.06 bits per heavy atom. The van der Waals surface area contributed by atoms with E-state index in [0.29, 0.717) is 19.6 Å². The number of hydrogen-bond donors (Lipinski definition) is 1. The Morgan fingerprint density at radius 3 is 2.83 bits per heavy atom. The highest BCUT2D eigenvalue weighted by atomic mass is 19.3. The summed E-state index contributed by atoms with van der Waals surface area (Å²) in [5.41, 5.74) is 3.00. The van der Waals surface area contributed by atoms with Crippen molar-refractivity contribution < 1.29 is 23.4 Å². The van der Waals surface area contributed by atoms with E-state index in [9.17, 15) is 13.9 Å². The standard InChI is InChI=1S/C13H16F2O3/c14-13(15)8-17-4-3-12(16)9-1-2-10-6-18-7-11(10)5-9/h1-2,5,12-13,16H,3-4,6-8H2. The number of halogens is 2. The first-order chi connectivity index (χ1) is 8.66. The van der Waals surface area contributed by atoms with Crippen molar-refractivity contribution in [3.8, 4) is 0 Å². The molecule has 0 saturated heterocycles. The van der Waals surface area contributed by atoms with Crippen molar-refractivity contribution >= 4 is 0 Å². The predicted molar refractivity (Wildman–Crippen MR) is 61.3 cm³/mol. The number of alkyl halides is 2. The SMILES string of the molecule is OC(CCOCC(F)F)c1ccc2c(c1)COC2. The molecule has 0 radical (unpaired) electrons. The van der Waals surface area contributed by atoms with E-state index < -0.39 is 19.1 Å². The van der Waals surface area contributed by atoms with Crippen LogP contribution in [0.2, 0.25) is 0 Å². The van der Waals surface area contributed by atoms with Crippen LogP contribution in [0.1, 0.15) is 29.2 Å². The van der Waals surface area contributed by atoms with Crippen LogP contribution in [-0.2, 0) is 22.7 Å². The van der Waals surface area contributed by atoms with Crippen molar-refractivity contribution in [2.24, 2.45) is 0 Å². The average molecular weight is 258 g/mol. The minimum atomic E-state index is -2.46. The van der Waals surface area contributed by atoms with Gasteiger partial charge in [-0.2, -0.15) is 0 Å². The van der Waals surface area contributed by atoms with Crippen LogP contribution in [0.3, 0.4) is 0 Å². The van der Waals surface area contributed by atoms with Crippen LogP contribution in [0.4, 0.5) is 8.78 Å². The number of hydrogen-bond acceptors (Lipinski definition) is 3. The highest BCUT2D eigenvalue weighted by Crippen LogP contribution is 2.25. The summed E-state index contributed by atoms with van der Waals surface area (Å²) in [5, 5.41) is 9.91. The van der Waals surface area contributed by atoms with Crippen LogP contribution in [-0.4, -0.2) is 24.7 Å². The second kappa shape index (κ2) is 6.22. The summed E-state index contributed by atoms with van der Waals surface area (Å²) in [4.78, 5) is 0. The molecule has 1 aromatic rings. The van der Waals surface area contributed by atoms with Gasteiger partial charge in [0.05, 0.1) is 19.3 Å². The van der Waals surface area contributed by atoms with Crippen LogP contribution in [0.15, 0.2) is 18.2 Å². The molecule has 1 unspecified atom stereocenters. The van der Waals surface area contributed by atoms with Gasteiger partial charge in [0.15, 0.2) is 0 Å². The van der Waals surface area contributed by atoms with Gasteiger partial charge in [0.1, 0.15) is 6.61 Å². The fourth-order valence-electron chi connectivity index (χ4n) is 1.93. The molecule has 0 spiro atoms. The molecule has 0 aliphatic carbocycles. The lowest BCUT2D eigenvalue weighted by Gasteiger charge is -2.12. The van der Waals surface area contributed by atoms with Gasteiger partial charge in [0.2, 0.25) is 0 Å². The summed E-state index contributed by atoms with van der Waals surface area (Å²) in [7, 11) is 0.